The van der Waals surface area contributed by atoms with Crippen molar-refractivity contribution in [3.8, 4) is 0 Å². The summed E-state index contributed by atoms with van der Waals surface area (Å²) in [4.78, 5) is 27.6. The summed E-state index contributed by atoms with van der Waals surface area (Å²) in [6.07, 6.45) is 4.24. The number of nitrogens with zero attached hydrogens (tertiary/aromatic N) is 2. The highest BCUT2D eigenvalue weighted by atomic mass is 16.5. The number of likely N-dealkylation sites (tertiary alicyclic amines) is 2. The third-order valence-electron chi connectivity index (χ3n) is 4.15. The van der Waals surface area contributed by atoms with Crippen LogP contribution in [0.5, 0.6) is 0 Å². The molecule has 2 fully saturated rings. The van der Waals surface area contributed by atoms with Crippen LogP contribution in [0.3, 0.4) is 0 Å². The molecule has 0 radical (unpaired) electrons. The van der Waals surface area contributed by atoms with Crippen LogP contribution >= 0.6 is 0 Å². The number of aliphatic hydroxyl groups is 1. The van der Waals surface area contributed by atoms with Crippen molar-refractivity contribution in [1.82, 2.24) is 9.80 Å². The predicted octanol–water partition coefficient (Wildman–Crippen LogP) is -0.00280. The van der Waals surface area contributed by atoms with E-state index in [4.69, 9.17) is 4.74 Å². The Kier molecular flexibility index (Phi) is 5.37. The molecule has 0 aromatic rings. The van der Waals surface area contributed by atoms with Crippen molar-refractivity contribution in [2.45, 2.75) is 44.2 Å². The summed E-state index contributed by atoms with van der Waals surface area (Å²) in [7, 11) is 1.34. The fourth-order valence-electron chi connectivity index (χ4n) is 3.03. The van der Waals surface area contributed by atoms with E-state index in [9.17, 15) is 14.7 Å². The van der Waals surface area contributed by atoms with Crippen LogP contribution in [0.15, 0.2) is 0 Å². The van der Waals surface area contributed by atoms with Gasteiger partial charge in [0.15, 0.2) is 0 Å². The molecular formula is C14H24N2O4. The Balaban J connectivity index is 1.93. The average molecular weight is 284 g/mol. The Hall–Kier alpha value is -1.14. The zero-order valence-electron chi connectivity index (χ0n) is 12.1. The maximum absolute atomic E-state index is 12.3. The topological polar surface area (TPSA) is 70.1 Å². The normalized spacial score (nSPS) is 28.2. The number of carbonyl (C=O) groups excluding carboxylic acids is 2. The van der Waals surface area contributed by atoms with E-state index in [0.29, 0.717) is 13.0 Å². The highest BCUT2D eigenvalue weighted by Gasteiger charge is 2.38. The molecule has 0 bridgehead atoms. The molecule has 0 saturated carbocycles. The molecule has 2 heterocycles. The van der Waals surface area contributed by atoms with Gasteiger partial charge < -0.3 is 14.7 Å². The summed E-state index contributed by atoms with van der Waals surface area (Å²) in [6, 6.07) is -0.495. The van der Waals surface area contributed by atoms with Gasteiger partial charge in [0.1, 0.15) is 6.04 Å². The molecule has 2 aliphatic rings. The number of ether oxygens (including phenoxy) is 1. The van der Waals surface area contributed by atoms with E-state index in [2.05, 4.69) is 0 Å². The van der Waals surface area contributed by atoms with Crippen LogP contribution in [-0.2, 0) is 14.3 Å². The lowest BCUT2D eigenvalue weighted by molar-refractivity contribution is -0.146. The lowest BCUT2D eigenvalue weighted by Gasteiger charge is -2.26. The van der Waals surface area contributed by atoms with E-state index in [1.807, 2.05) is 4.90 Å². The van der Waals surface area contributed by atoms with E-state index in [1.54, 1.807) is 4.90 Å². The average Bonchev–Trinajstić information content (AvgIpc) is 2.67. The third kappa shape index (κ3) is 3.70. The van der Waals surface area contributed by atoms with E-state index in [-0.39, 0.29) is 18.4 Å². The Bertz CT molecular complexity index is 353. The van der Waals surface area contributed by atoms with Crippen molar-refractivity contribution < 1.29 is 19.4 Å². The van der Waals surface area contributed by atoms with E-state index in [0.717, 1.165) is 25.9 Å². The van der Waals surface area contributed by atoms with Crippen molar-refractivity contribution >= 4 is 11.9 Å². The smallest absolute Gasteiger partial charge is 0.323 e. The number of carbonyl (C=O) groups is 2. The molecule has 0 aromatic heterocycles. The number of β-amino-alcohol motifs (C(OH)–C–C–N with tert-alkyl or cyclic N) is 1. The first kappa shape index (κ1) is 15.3. The molecule has 6 nitrogen and oxygen atoms in total. The van der Waals surface area contributed by atoms with Crippen LogP contribution in [0, 0.1) is 0 Å². The Labute approximate surface area is 119 Å². The zero-order valence-corrected chi connectivity index (χ0v) is 12.1. The molecule has 2 unspecified atom stereocenters. The SMILES string of the molecule is COC(=O)C1CC(O)CN1CC(=O)N1CCCCCC1. The minimum atomic E-state index is -0.559. The van der Waals surface area contributed by atoms with Crippen LogP contribution in [0.25, 0.3) is 0 Å². The number of methoxy groups -OCH3 is 1. The summed E-state index contributed by atoms with van der Waals surface area (Å²) in [5, 5.41) is 9.71. The Morgan fingerprint density at radius 2 is 1.85 bits per heavy atom. The maximum atomic E-state index is 12.3. The maximum Gasteiger partial charge on any atom is 0.323 e. The molecule has 0 aromatic carbocycles. The third-order valence-corrected chi connectivity index (χ3v) is 4.15. The lowest BCUT2D eigenvalue weighted by atomic mass is 10.2. The summed E-state index contributed by atoms with van der Waals surface area (Å²) in [6.45, 7) is 2.16. The van der Waals surface area contributed by atoms with Gasteiger partial charge in [0.25, 0.3) is 0 Å². The molecule has 1 N–H and O–H groups in total. The fourth-order valence-corrected chi connectivity index (χ4v) is 3.03. The van der Waals surface area contributed by atoms with Gasteiger partial charge in [-0.15, -0.1) is 0 Å². The van der Waals surface area contributed by atoms with Gasteiger partial charge in [-0.05, 0) is 12.8 Å². The standard InChI is InChI=1S/C14H24N2O4/c1-20-14(19)12-8-11(17)9-16(12)10-13(18)15-6-4-2-3-5-7-15/h11-12,17H,2-10H2,1H3. The summed E-state index contributed by atoms with van der Waals surface area (Å²) >= 11 is 0. The van der Waals surface area contributed by atoms with Gasteiger partial charge in [0, 0.05) is 26.1 Å². The molecule has 2 rings (SSSR count). The molecule has 0 spiro atoms. The van der Waals surface area contributed by atoms with E-state index in [1.165, 1.54) is 20.0 Å². The first-order valence-corrected chi connectivity index (χ1v) is 7.39. The van der Waals surface area contributed by atoms with Crippen molar-refractivity contribution in [2.75, 3.05) is 33.3 Å². The van der Waals surface area contributed by atoms with Gasteiger partial charge in [-0.3, -0.25) is 14.5 Å². The summed E-state index contributed by atoms with van der Waals surface area (Å²) in [5.41, 5.74) is 0. The fraction of sp³-hybridized carbons (Fsp3) is 0.857. The number of aliphatic hydroxyl groups excluding tert-OH is 1. The second-order valence-corrected chi connectivity index (χ2v) is 5.65. The molecule has 6 heteroatoms. The molecule has 0 aliphatic carbocycles. The largest absolute Gasteiger partial charge is 0.468 e. The molecule has 1 amide bonds. The highest BCUT2D eigenvalue weighted by molar-refractivity contribution is 5.81. The van der Waals surface area contributed by atoms with Gasteiger partial charge in [-0.1, -0.05) is 12.8 Å². The monoisotopic (exact) mass is 284 g/mol. The molecule has 20 heavy (non-hydrogen) atoms. The Morgan fingerprint density at radius 1 is 1.20 bits per heavy atom. The van der Waals surface area contributed by atoms with E-state index < -0.39 is 12.1 Å². The minimum Gasteiger partial charge on any atom is -0.468 e. The lowest BCUT2D eigenvalue weighted by Crippen LogP contribution is -2.45. The van der Waals surface area contributed by atoms with Crippen LogP contribution < -0.4 is 0 Å². The highest BCUT2D eigenvalue weighted by Crippen LogP contribution is 2.19. The second kappa shape index (κ2) is 7.04. The van der Waals surface area contributed by atoms with Gasteiger partial charge in [-0.25, -0.2) is 0 Å². The van der Waals surface area contributed by atoms with Crippen LogP contribution in [-0.4, -0.2) is 72.2 Å². The summed E-state index contributed by atoms with van der Waals surface area (Å²) in [5.74, 6) is -0.319. The van der Waals surface area contributed by atoms with Gasteiger partial charge >= 0.3 is 5.97 Å². The van der Waals surface area contributed by atoms with Crippen LogP contribution in [0.1, 0.15) is 32.1 Å². The molecule has 114 valence electrons. The number of amides is 1. The van der Waals surface area contributed by atoms with Gasteiger partial charge in [-0.2, -0.15) is 0 Å². The first-order valence-electron chi connectivity index (χ1n) is 7.39. The quantitative estimate of drug-likeness (QED) is 0.739. The second-order valence-electron chi connectivity index (χ2n) is 5.65. The first-order chi connectivity index (χ1) is 9.61. The summed E-state index contributed by atoms with van der Waals surface area (Å²) < 4.78 is 4.74. The van der Waals surface area contributed by atoms with Crippen molar-refractivity contribution in [1.29, 1.82) is 0 Å². The van der Waals surface area contributed by atoms with Crippen LogP contribution in [0.2, 0.25) is 0 Å². The predicted molar refractivity (Wildman–Crippen MR) is 73.0 cm³/mol. The molecule has 2 aliphatic heterocycles. The van der Waals surface area contributed by atoms with Crippen molar-refractivity contribution in [2.24, 2.45) is 0 Å². The molecule has 2 atom stereocenters. The van der Waals surface area contributed by atoms with E-state index >= 15 is 0 Å². The number of hydrogen-bond acceptors (Lipinski definition) is 5. The van der Waals surface area contributed by atoms with Crippen molar-refractivity contribution in [3.05, 3.63) is 0 Å². The van der Waals surface area contributed by atoms with Crippen LogP contribution in [0.4, 0.5) is 0 Å². The number of rotatable bonds is 3. The van der Waals surface area contributed by atoms with Gasteiger partial charge in [0.2, 0.25) is 5.91 Å². The molecular weight excluding hydrogens is 260 g/mol. The zero-order chi connectivity index (χ0) is 14.5. The van der Waals surface area contributed by atoms with Crippen molar-refractivity contribution in [3.63, 3.8) is 0 Å². The molecule has 2 saturated heterocycles. The Morgan fingerprint density at radius 3 is 2.45 bits per heavy atom. The minimum absolute atomic E-state index is 0.0508. The number of hydrogen-bond donors (Lipinski definition) is 1. The number of esters is 1. The van der Waals surface area contributed by atoms with Gasteiger partial charge in [0.05, 0.1) is 19.8 Å².